The molecule has 0 unspecified atom stereocenters. The van der Waals surface area contributed by atoms with Gasteiger partial charge in [-0.1, -0.05) is 36.6 Å². The molecule has 1 fully saturated rings. The lowest BCUT2D eigenvalue weighted by atomic mass is 9.86. The molecule has 2 nitrogen and oxygen atoms in total. The molecule has 1 heterocycles. The van der Waals surface area contributed by atoms with E-state index in [1.165, 1.54) is 43.2 Å². The van der Waals surface area contributed by atoms with Gasteiger partial charge in [0, 0.05) is 11.3 Å². The number of para-hydroxylation sites is 1. The van der Waals surface area contributed by atoms with Crippen LogP contribution >= 0.6 is 0 Å². The number of hydrogen-bond donors (Lipinski definition) is 0. The second kappa shape index (κ2) is 3.69. The molecule has 1 aliphatic rings. The van der Waals surface area contributed by atoms with Crippen molar-refractivity contribution in [3.63, 3.8) is 0 Å². The van der Waals surface area contributed by atoms with E-state index in [-0.39, 0.29) is 0 Å². The quantitative estimate of drug-likeness (QED) is 0.699. The third-order valence-corrected chi connectivity index (χ3v) is 3.40. The molecule has 1 aromatic heterocycles. The molecule has 0 radical (unpaired) electrons. The first-order valence-corrected chi connectivity index (χ1v) is 5.79. The topological polar surface area (TPSA) is 26.0 Å². The fourth-order valence-corrected chi connectivity index (χ4v) is 2.58. The highest BCUT2D eigenvalue weighted by Crippen LogP contribution is 2.35. The molecule has 1 aliphatic carbocycles. The molecule has 0 N–H and O–H groups in total. The van der Waals surface area contributed by atoms with Crippen molar-refractivity contribution in [1.29, 1.82) is 0 Å². The Bertz CT molecular complexity index is 454. The van der Waals surface area contributed by atoms with Crippen LogP contribution in [0.5, 0.6) is 0 Å². The van der Waals surface area contributed by atoms with E-state index in [0.717, 1.165) is 5.58 Å². The second-order valence-corrected chi connectivity index (χ2v) is 4.40. The van der Waals surface area contributed by atoms with Crippen LogP contribution in [0.25, 0.3) is 11.0 Å². The van der Waals surface area contributed by atoms with Crippen LogP contribution in [0.4, 0.5) is 0 Å². The zero-order chi connectivity index (χ0) is 10.1. The lowest BCUT2D eigenvalue weighted by Crippen LogP contribution is -2.04. The summed E-state index contributed by atoms with van der Waals surface area (Å²) in [6, 6.07) is 8.18. The van der Waals surface area contributed by atoms with Gasteiger partial charge in [0.1, 0.15) is 0 Å². The van der Waals surface area contributed by atoms with Crippen LogP contribution in [0.1, 0.15) is 43.7 Å². The Balaban J connectivity index is 2.02. The molecule has 2 heteroatoms. The van der Waals surface area contributed by atoms with Crippen LogP contribution in [-0.4, -0.2) is 5.16 Å². The van der Waals surface area contributed by atoms with Crippen molar-refractivity contribution in [3.05, 3.63) is 30.0 Å². The van der Waals surface area contributed by atoms with Crippen LogP contribution in [0, 0.1) is 0 Å². The number of hydrogen-bond acceptors (Lipinski definition) is 2. The first-order valence-electron chi connectivity index (χ1n) is 5.79. The van der Waals surface area contributed by atoms with E-state index in [4.69, 9.17) is 4.52 Å². The van der Waals surface area contributed by atoms with Gasteiger partial charge in [0.05, 0.1) is 5.69 Å². The van der Waals surface area contributed by atoms with Crippen molar-refractivity contribution in [2.45, 2.75) is 38.0 Å². The van der Waals surface area contributed by atoms with Gasteiger partial charge in [0.25, 0.3) is 0 Å². The molecule has 0 atom stereocenters. The Hall–Kier alpha value is -1.31. The maximum atomic E-state index is 5.35. The fraction of sp³-hybridized carbons (Fsp3) is 0.462. The molecule has 0 saturated heterocycles. The van der Waals surface area contributed by atoms with E-state index < -0.39 is 0 Å². The molecule has 0 spiro atoms. The van der Waals surface area contributed by atoms with E-state index in [2.05, 4.69) is 17.3 Å². The fourth-order valence-electron chi connectivity index (χ4n) is 2.58. The number of fused-ring (bicyclic) bond motifs is 1. The van der Waals surface area contributed by atoms with E-state index >= 15 is 0 Å². The highest BCUT2D eigenvalue weighted by atomic mass is 16.5. The summed E-state index contributed by atoms with van der Waals surface area (Å²) in [4.78, 5) is 0. The normalized spacial score (nSPS) is 18.4. The monoisotopic (exact) mass is 201 g/mol. The predicted octanol–water partition coefficient (Wildman–Crippen LogP) is 3.88. The average Bonchev–Trinajstić information content (AvgIpc) is 2.74. The van der Waals surface area contributed by atoms with Gasteiger partial charge in [0.2, 0.25) is 0 Å². The summed E-state index contributed by atoms with van der Waals surface area (Å²) in [5.74, 6) is 0.627. The molecule has 15 heavy (non-hydrogen) atoms. The highest BCUT2D eigenvalue weighted by molar-refractivity contribution is 5.79. The molecule has 0 amide bonds. The third-order valence-electron chi connectivity index (χ3n) is 3.40. The maximum absolute atomic E-state index is 5.35. The molecule has 1 aromatic carbocycles. The van der Waals surface area contributed by atoms with E-state index in [0.29, 0.717) is 5.92 Å². The van der Waals surface area contributed by atoms with Crippen LogP contribution in [-0.2, 0) is 0 Å². The van der Waals surface area contributed by atoms with Crippen LogP contribution in [0.15, 0.2) is 28.8 Å². The minimum absolute atomic E-state index is 0.627. The summed E-state index contributed by atoms with van der Waals surface area (Å²) in [7, 11) is 0. The summed E-state index contributed by atoms with van der Waals surface area (Å²) < 4.78 is 5.35. The SMILES string of the molecule is c1ccc2c(C3CCCCC3)noc2c1. The van der Waals surface area contributed by atoms with Gasteiger partial charge in [-0.25, -0.2) is 0 Å². The Morgan fingerprint density at radius 3 is 2.73 bits per heavy atom. The molecule has 1 saturated carbocycles. The lowest BCUT2D eigenvalue weighted by molar-refractivity contribution is 0.396. The maximum Gasteiger partial charge on any atom is 0.167 e. The van der Waals surface area contributed by atoms with Crippen molar-refractivity contribution >= 4 is 11.0 Å². The number of rotatable bonds is 1. The first kappa shape index (κ1) is 8.96. The highest BCUT2D eigenvalue weighted by Gasteiger charge is 2.20. The van der Waals surface area contributed by atoms with Gasteiger partial charge in [-0.05, 0) is 25.0 Å². The van der Waals surface area contributed by atoms with Crippen LogP contribution in [0.3, 0.4) is 0 Å². The van der Waals surface area contributed by atoms with Crippen molar-refractivity contribution in [2.75, 3.05) is 0 Å². The Morgan fingerprint density at radius 2 is 1.87 bits per heavy atom. The molecule has 0 aliphatic heterocycles. The number of aromatic nitrogens is 1. The third kappa shape index (κ3) is 1.54. The summed E-state index contributed by atoms with van der Waals surface area (Å²) in [6.45, 7) is 0. The summed E-state index contributed by atoms with van der Waals surface area (Å²) in [5.41, 5.74) is 2.11. The average molecular weight is 201 g/mol. The van der Waals surface area contributed by atoms with Gasteiger partial charge in [-0.15, -0.1) is 0 Å². The number of benzene rings is 1. The van der Waals surface area contributed by atoms with Gasteiger partial charge in [-0.2, -0.15) is 0 Å². The van der Waals surface area contributed by atoms with E-state index in [9.17, 15) is 0 Å². The molecule has 0 bridgehead atoms. The Kier molecular flexibility index (Phi) is 2.20. The minimum Gasteiger partial charge on any atom is -0.356 e. The second-order valence-electron chi connectivity index (χ2n) is 4.40. The van der Waals surface area contributed by atoms with E-state index in [1.54, 1.807) is 0 Å². The largest absolute Gasteiger partial charge is 0.356 e. The molecular weight excluding hydrogens is 186 g/mol. The van der Waals surface area contributed by atoms with Gasteiger partial charge >= 0.3 is 0 Å². The molecule has 2 aromatic rings. The van der Waals surface area contributed by atoms with Crippen LogP contribution in [0.2, 0.25) is 0 Å². The predicted molar refractivity (Wildman–Crippen MR) is 59.8 cm³/mol. The first-order chi connectivity index (χ1) is 7.45. The number of nitrogens with zero attached hydrogens (tertiary/aromatic N) is 1. The Labute approximate surface area is 89.3 Å². The van der Waals surface area contributed by atoms with Crippen molar-refractivity contribution in [1.82, 2.24) is 5.16 Å². The lowest BCUT2D eigenvalue weighted by Gasteiger charge is -2.19. The summed E-state index contributed by atoms with van der Waals surface area (Å²) in [5, 5.41) is 5.46. The molecule has 3 rings (SSSR count). The molecular formula is C13H15NO. The Morgan fingerprint density at radius 1 is 1.07 bits per heavy atom. The molecule has 78 valence electrons. The minimum atomic E-state index is 0.627. The van der Waals surface area contributed by atoms with Crippen LogP contribution < -0.4 is 0 Å². The van der Waals surface area contributed by atoms with E-state index in [1.807, 2.05) is 12.1 Å². The van der Waals surface area contributed by atoms with Crippen molar-refractivity contribution in [3.8, 4) is 0 Å². The van der Waals surface area contributed by atoms with Gasteiger partial charge < -0.3 is 4.52 Å². The van der Waals surface area contributed by atoms with Gasteiger partial charge in [0.15, 0.2) is 5.58 Å². The zero-order valence-corrected chi connectivity index (χ0v) is 8.78. The summed E-state index contributed by atoms with van der Waals surface area (Å²) >= 11 is 0. The zero-order valence-electron chi connectivity index (χ0n) is 8.78. The summed E-state index contributed by atoms with van der Waals surface area (Å²) in [6.07, 6.45) is 6.61. The van der Waals surface area contributed by atoms with Crippen molar-refractivity contribution in [2.24, 2.45) is 0 Å². The van der Waals surface area contributed by atoms with Gasteiger partial charge in [-0.3, -0.25) is 0 Å². The standard InChI is InChI=1S/C13H15NO/c1-2-6-10(7-3-1)13-11-8-4-5-9-12(11)15-14-13/h4-5,8-10H,1-3,6-7H2. The smallest absolute Gasteiger partial charge is 0.167 e. The van der Waals surface area contributed by atoms with Crippen molar-refractivity contribution < 1.29 is 4.52 Å².